The summed E-state index contributed by atoms with van der Waals surface area (Å²) in [4.78, 5) is 24.7. The van der Waals surface area contributed by atoms with Crippen molar-refractivity contribution in [2.45, 2.75) is 12.5 Å². The van der Waals surface area contributed by atoms with E-state index in [0.29, 0.717) is 11.6 Å². The highest BCUT2D eigenvalue weighted by Gasteiger charge is 2.18. The second kappa shape index (κ2) is 9.20. The second-order valence-corrected chi connectivity index (χ2v) is 6.28. The lowest BCUT2D eigenvalue weighted by atomic mass is 9.98. The van der Waals surface area contributed by atoms with Crippen LogP contribution >= 0.6 is 11.6 Å². The molecular formula is C19H21ClN2O3. The average molecular weight is 361 g/mol. The lowest BCUT2D eigenvalue weighted by Gasteiger charge is -2.22. The number of nitrogens with one attached hydrogen (secondary N) is 1. The maximum Gasteiger partial charge on any atom is 0.304 e. The van der Waals surface area contributed by atoms with E-state index in [1.165, 1.54) is 0 Å². The fourth-order valence-corrected chi connectivity index (χ4v) is 2.71. The second-order valence-electron chi connectivity index (χ2n) is 5.85. The summed E-state index contributed by atoms with van der Waals surface area (Å²) in [6, 6.07) is 16.7. The minimum Gasteiger partial charge on any atom is -0.481 e. The standard InChI is InChI=1S/C19H21ClN2O3/c1-22(11-10-18(24)25)13-17(23)21-19(14-6-3-2-4-7-14)15-8-5-9-16(20)12-15/h2-9,12,19H,10-11,13H2,1H3,(H,21,23)(H,24,25). The Hall–Kier alpha value is -2.37. The third-order valence-corrected chi connectivity index (χ3v) is 3.98. The van der Waals surface area contributed by atoms with Crippen molar-refractivity contribution >= 4 is 23.5 Å². The van der Waals surface area contributed by atoms with Crippen molar-refractivity contribution in [2.75, 3.05) is 20.1 Å². The van der Waals surface area contributed by atoms with Crippen LogP contribution < -0.4 is 5.32 Å². The molecule has 0 aliphatic heterocycles. The molecule has 0 saturated carbocycles. The van der Waals surface area contributed by atoms with Crippen molar-refractivity contribution in [3.05, 3.63) is 70.7 Å². The van der Waals surface area contributed by atoms with Crippen molar-refractivity contribution in [3.8, 4) is 0 Å². The molecule has 0 aliphatic rings. The molecule has 2 aromatic rings. The third-order valence-electron chi connectivity index (χ3n) is 3.74. The van der Waals surface area contributed by atoms with Crippen LogP contribution in [0.1, 0.15) is 23.6 Å². The maximum atomic E-state index is 12.4. The number of hydrogen-bond acceptors (Lipinski definition) is 3. The van der Waals surface area contributed by atoms with Crippen LogP contribution in [0, 0.1) is 0 Å². The predicted octanol–water partition coefficient (Wildman–Crippen LogP) is 2.95. The third kappa shape index (κ3) is 6.21. The van der Waals surface area contributed by atoms with Crippen LogP contribution in [0.4, 0.5) is 0 Å². The number of carbonyl (C=O) groups excluding carboxylic acids is 1. The first-order valence-electron chi connectivity index (χ1n) is 7.96. The Bertz CT molecular complexity index is 722. The lowest BCUT2D eigenvalue weighted by Crippen LogP contribution is -2.38. The largest absolute Gasteiger partial charge is 0.481 e. The number of hydrogen-bond donors (Lipinski definition) is 2. The zero-order valence-corrected chi connectivity index (χ0v) is 14.7. The first-order chi connectivity index (χ1) is 12.0. The van der Waals surface area contributed by atoms with E-state index in [0.717, 1.165) is 11.1 Å². The number of carboxylic acids is 1. The number of amides is 1. The normalized spacial score (nSPS) is 12.0. The van der Waals surface area contributed by atoms with Gasteiger partial charge in [-0.15, -0.1) is 0 Å². The van der Waals surface area contributed by atoms with Gasteiger partial charge in [-0.2, -0.15) is 0 Å². The number of rotatable bonds is 8. The monoisotopic (exact) mass is 360 g/mol. The van der Waals surface area contributed by atoms with Gasteiger partial charge in [0.05, 0.1) is 19.0 Å². The van der Waals surface area contributed by atoms with Crippen molar-refractivity contribution in [1.82, 2.24) is 10.2 Å². The molecule has 6 heteroatoms. The summed E-state index contributed by atoms with van der Waals surface area (Å²) in [7, 11) is 1.72. The van der Waals surface area contributed by atoms with Crippen LogP contribution in [-0.2, 0) is 9.59 Å². The van der Waals surface area contributed by atoms with Gasteiger partial charge < -0.3 is 10.4 Å². The molecule has 0 aliphatic carbocycles. The minimum absolute atomic E-state index is 0.000186. The van der Waals surface area contributed by atoms with Gasteiger partial charge in [0, 0.05) is 11.6 Å². The Kier molecular flexibility index (Phi) is 6.98. The number of halogens is 1. The first kappa shape index (κ1) is 19.0. The molecule has 2 aromatic carbocycles. The molecule has 0 bridgehead atoms. The van der Waals surface area contributed by atoms with E-state index >= 15 is 0 Å². The van der Waals surface area contributed by atoms with E-state index in [9.17, 15) is 9.59 Å². The molecule has 2 rings (SSSR count). The van der Waals surface area contributed by atoms with Crippen molar-refractivity contribution < 1.29 is 14.7 Å². The fourth-order valence-electron chi connectivity index (χ4n) is 2.51. The summed E-state index contributed by atoms with van der Waals surface area (Å²) in [6.07, 6.45) is 0.000186. The van der Waals surface area contributed by atoms with Crippen LogP contribution in [0.2, 0.25) is 5.02 Å². The molecule has 0 saturated heterocycles. The molecule has 0 spiro atoms. The first-order valence-corrected chi connectivity index (χ1v) is 8.33. The van der Waals surface area contributed by atoms with Gasteiger partial charge in [-0.3, -0.25) is 14.5 Å². The molecule has 1 atom stereocenters. The van der Waals surface area contributed by atoms with Gasteiger partial charge in [0.2, 0.25) is 5.91 Å². The predicted molar refractivity (Wildman–Crippen MR) is 97.6 cm³/mol. The van der Waals surface area contributed by atoms with Gasteiger partial charge in [-0.25, -0.2) is 0 Å². The molecule has 1 amide bonds. The van der Waals surface area contributed by atoms with Gasteiger partial charge in [0.1, 0.15) is 0 Å². The zero-order valence-electron chi connectivity index (χ0n) is 14.0. The molecule has 0 fully saturated rings. The van der Waals surface area contributed by atoms with Crippen LogP contribution in [-0.4, -0.2) is 42.0 Å². The number of likely N-dealkylation sites (N-methyl/N-ethyl adjacent to an activating group) is 1. The van der Waals surface area contributed by atoms with Crippen LogP contribution in [0.25, 0.3) is 0 Å². The van der Waals surface area contributed by atoms with Crippen LogP contribution in [0.5, 0.6) is 0 Å². The number of aliphatic carboxylic acids is 1. The Morgan fingerprint density at radius 2 is 1.80 bits per heavy atom. The number of carbonyl (C=O) groups is 2. The molecule has 0 heterocycles. The van der Waals surface area contributed by atoms with Crippen molar-refractivity contribution in [1.29, 1.82) is 0 Å². The Morgan fingerprint density at radius 3 is 2.44 bits per heavy atom. The van der Waals surface area contributed by atoms with Gasteiger partial charge in [-0.1, -0.05) is 54.1 Å². The zero-order chi connectivity index (χ0) is 18.2. The van der Waals surface area contributed by atoms with E-state index in [1.807, 2.05) is 48.5 Å². The quantitative estimate of drug-likeness (QED) is 0.759. The highest BCUT2D eigenvalue weighted by Crippen LogP contribution is 2.24. The average Bonchev–Trinajstić information content (AvgIpc) is 2.58. The van der Waals surface area contributed by atoms with Gasteiger partial charge in [0.15, 0.2) is 0 Å². The van der Waals surface area contributed by atoms with Crippen molar-refractivity contribution in [2.24, 2.45) is 0 Å². The highest BCUT2D eigenvalue weighted by atomic mass is 35.5. The SMILES string of the molecule is CN(CCC(=O)O)CC(=O)NC(c1ccccc1)c1cccc(Cl)c1. The van der Waals surface area contributed by atoms with E-state index in [1.54, 1.807) is 18.0 Å². The van der Waals surface area contributed by atoms with Crippen LogP contribution in [0.3, 0.4) is 0 Å². The number of carboxylic acid groups (broad SMARTS) is 1. The molecule has 2 N–H and O–H groups in total. The molecule has 132 valence electrons. The Labute approximate surface area is 152 Å². The van der Waals surface area contributed by atoms with E-state index in [2.05, 4.69) is 5.32 Å². The Balaban J connectivity index is 2.11. The van der Waals surface area contributed by atoms with E-state index < -0.39 is 5.97 Å². The minimum atomic E-state index is -0.881. The molecule has 25 heavy (non-hydrogen) atoms. The summed E-state index contributed by atoms with van der Waals surface area (Å²) < 4.78 is 0. The molecule has 0 aromatic heterocycles. The number of nitrogens with zero attached hydrogens (tertiary/aromatic N) is 1. The summed E-state index contributed by atoms with van der Waals surface area (Å²) in [5.74, 6) is -1.06. The fraction of sp³-hybridized carbons (Fsp3) is 0.263. The molecule has 0 radical (unpaired) electrons. The summed E-state index contributed by atoms with van der Waals surface area (Å²) >= 11 is 6.09. The van der Waals surface area contributed by atoms with E-state index in [4.69, 9.17) is 16.7 Å². The summed E-state index contributed by atoms with van der Waals surface area (Å²) in [5.41, 5.74) is 1.84. The number of benzene rings is 2. The maximum absolute atomic E-state index is 12.4. The lowest BCUT2D eigenvalue weighted by molar-refractivity contribution is -0.137. The van der Waals surface area contributed by atoms with Gasteiger partial charge >= 0.3 is 5.97 Å². The molecule has 1 unspecified atom stereocenters. The van der Waals surface area contributed by atoms with Crippen molar-refractivity contribution in [3.63, 3.8) is 0 Å². The van der Waals surface area contributed by atoms with E-state index in [-0.39, 0.29) is 24.9 Å². The summed E-state index contributed by atoms with van der Waals surface area (Å²) in [5, 5.41) is 12.3. The van der Waals surface area contributed by atoms with Gasteiger partial charge in [0.25, 0.3) is 0 Å². The summed E-state index contributed by atoms with van der Waals surface area (Å²) in [6.45, 7) is 0.438. The molecule has 5 nitrogen and oxygen atoms in total. The van der Waals surface area contributed by atoms with Crippen LogP contribution in [0.15, 0.2) is 54.6 Å². The van der Waals surface area contributed by atoms with Gasteiger partial charge in [-0.05, 0) is 30.3 Å². The molecular weight excluding hydrogens is 340 g/mol. The topological polar surface area (TPSA) is 69.6 Å². The smallest absolute Gasteiger partial charge is 0.304 e. The Morgan fingerprint density at radius 1 is 1.12 bits per heavy atom. The highest BCUT2D eigenvalue weighted by molar-refractivity contribution is 6.30.